The topological polar surface area (TPSA) is 39.1 Å². The first kappa shape index (κ1) is 10.1. The molecular weight excluding hydrogens is 202 g/mol. The van der Waals surface area contributed by atoms with E-state index in [4.69, 9.17) is 9.72 Å². The van der Waals surface area contributed by atoms with Gasteiger partial charge in [-0.1, -0.05) is 0 Å². The number of rotatable bonds is 1. The van der Waals surface area contributed by atoms with Gasteiger partial charge in [-0.3, -0.25) is 0 Å². The van der Waals surface area contributed by atoms with Crippen LogP contribution in [0, 0.1) is 6.92 Å². The predicted octanol–water partition coefficient (Wildman–Crippen LogP) is 1.90. The van der Waals surface area contributed by atoms with Gasteiger partial charge in [-0.2, -0.15) is 0 Å². The van der Waals surface area contributed by atoms with Gasteiger partial charge in [0.05, 0.1) is 5.69 Å². The van der Waals surface area contributed by atoms with Gasteiger partial charge in [0.1, 0.15) is 0 Å². The molecule has 1 saturated heterocycles. The maximum absolute atomic E-state index is 5.41. The predicted molar refractivity (Wildman–Crippen MR) is 62.9 cm³/mol. The van der Waals surface area contributed by atoms with Gasteiger partial charge in [-0.05, 0) is 26.2 Å². The Morgan fingerprint density at radius 1 is 1.38 bits per heavy atom. The van der Waals surface area contributed by atoms with Gasteiger partial charge in [0.2, 0.25) is 5.95 Å². The molecule has 88 valence electrons. The summed E-state index contributed by atoms with van der Waals surface area (Å²) < 4.78 is 7.74. The molecule has 0 radical (unpaired) electrons. The minimum atomic E-state index is 0.605. The SMILES string of the molecule is Cc1c(C2CCOCC2)nc2n1CCCN2. The van der Waals surface area contributed by atoms with Crippen LogP contribution < -0.4 is 5.32 Å². The molecule has 2 aliphatic rings. The Bertz CT molecular complexity index is 380. The molecule has 3 rings (SSSR count). The summed E-state index contributed by atoms with van der Waals surface area (Å²) >= 11 is 0. The average Bonchev–Trinajstić information content (AvgIpc) is 2.69. The van der Waals surface area contributed by atoms with Crippen molar-refractivity contribution in [1.29, 1.82) is 0 Å². The minimum absolute atomic E-state index is 0.605. The Hall–Kier alpha value is -1.03. The van der Waals surface area contributed by atoms with Crippen molar-refractivity contribution in [2.75, 3.05) is 25.1 Å². The van der Waals surface area contributed by atoms with Crippen LogP contribution in [0.4, 0.5) is 5.95 Å². The van der Waals surface area contributed by atoms with Gasteiger partial charge in [0.25, 0.3) is 0 Å². The first-order valence-corrected chi connectivity index (χ1v) is 6.25. The monoisotopic (exact) mass is 221 g/mol. The zero-order valence-corrected chi connectivity index (χ0v) is 9.83. The lowest BCUT2D eigenvalue weighted by molar-refractivity contribution is 0.0844. The van der Waals surface area contributed by atoms with Gasteiger partial charge in [-0.25, -0.2) is 4.98 Å². The lowest BCUT2D eigenvalue weighted by atomic mass is 9.95. The molecule has 0 bridgehead atoms. The number of nitrogens with one attached hydrogen (secondary N) is 1. The fourth-order valence-electron chi connectivity index (χ4n) is 2.76. The Kier molecular flexibility index (Phi) is 2.59. The van der Waals surface area contributed by atoms with E-state index in [-0.39, 0.29) is 0 Å². The van der Waals surface area contributed by atoms with Crippen molar-refractivity contribution >= 4 is 5.95 Å². The third-order valence-corrected chi connectivity index (χ3v) is 3.71. The van der Waals surface area contributed by atoms with Gasteiger partial charge >= 0.3 is 0 Å². The summed E-state index contributed by atoms with van der Waals surface area (Å²) in [6, 6.07) is 0. The second kappa shape index (κ2) is 4.09. The molecule has 0 aliphatic carbocycles. The van der Waals surface area contributed by atoms with Crippen LogP contribution in [0.25, 0.3) is 0 Å². The maximum atomic E-state index is 5.41. The van der Waals surface area contributed by atoms with E-state index in [9.17, 15) is 0 Å². The molecule has 1 N–H and O–H groups in total. The van der Waals surface area contributed by atoms with Gasteiger partial charge < -0.3 is 14.6 Å². The van der Waals surface area contributed by atoms with E-state index in [0.717, 1.165) is 45.1 Å². The second-order valence-electron chi connectivity index (χ2n) is 4.72. The highest BCUT2D eigenvalue weighted by molar-refractivity contribution is 5.36. The normalized spacial score (nSPS) is 21.6. The third kappa shape index (κ3) is 1.61. The van der Waals surface area contributed by atoms with E-state index >= 15 is 0 Å². The van der Waals surface area contributed by atoms with E-state index < -0.39 is 0 Å². The summed E-state index contributed by atoms with van der Waals surface area (Å²) in [6.07, 6.45) is 3.45. The third-order valence-electron chi connectivity index (χ3n) is 3.71. The molecular formula is C12H19N3O. The number of aromatic nitrogens is 2. The largest absolute Gasteiger partial charge is 0.381 e. The van der Waals surface area contributed by atoms with Crippen LogP contribution in [0.1, 0.15) is 36.6 Å². The van der Waals surface area contributed by atoms with Crippen molar-refractivity contribution < 1.29 is 4.74 Å². The minimum Gasteiger partial charge on any atom is -0.381 e. The second-order valence-corrected chi connectivity index (χ2v) is 4.72. The van der Waals surface area contributed by atoms with Crippen LogP contribution in [0.5, 0.6) is 0 Å². The van der Waals surface area contributed by atoms with E-state index in [2.05, 4.69) is 16.8 Å². The fraction of sp³-hybridized carbons (Fsp3) is 0.750. The lowest BCUT2D eigenvalue weighted by Gasteiger charge is -2.21. The van der Waals surface area contributed by atoms with Crippen molar-refractivity contribution in [3.63, 3.8) is 0 Å². The Morgan fingerprint density at radius 2 is 2.19 bits per heavy atom. The van der Waals surface area contributed by atoms with Crippen LogP contribution in [0.2, 0.25) is 0 Å². The van der Waals surface area contributed by atoms with Crippen LogP contribution >= 0.6 is 0 Å². The number of hydrogen-bond donors (Lipinski definition) is 1. The summed E-state index contributed by atoms with van der Waals surface area (Å²) in [4.78, 5) is 4.77. The van der Waals surface area contributed by atoms with E-state index in [1.54, 1.807) is 0 Å². The number of nitrogens with zero attached hydrogens (tertiary/aromatic N) is 2. The average molecular weight is 221 g/mol. The number of fused-ring (bicyclic) bond motifs is 1. The molecule has 1 aromatic heterocycles. The molecule has 0 unspecified atom stereocenters. The van der Waals surface area contributed by atoms with Crippen LogP contribution in [-0.2, 0) is 11.3 Å². The van der Waals surface area contributed by atoms with E-state index in [1.165, 1.54) is 17.8 Å². The molecule has 3 heterocycles. The van der Waals surface area contributed by atoms with Crippen LogP contribution in [0.15, 0.2) is 0 Å². The Morgan fingerprint density at radius 3 is 2.94 bits per heavy atom. The molecule has 0 spiro atoms. The summed E-state index contributed by atoms with van der Waals surface area (Å²) in [5, 5.41) is 3.38. The molecule has 0 atom stereocenters. The molecule has 16 heavy (non-hydrogen) atoms. The van der Waals surface area contributed by atoms with Gasteiger partial charge in [0.15, 0.2) is 0 Å². The molecule has 4 heteroatoms. The van der Waals surface area contributed by atoms with Crippen molar-refractivity contribution in [2.45, 2.75) is 38.6 Å². The number of imidazole rings is 1. The summed E-state index contributed by atoms with van der Waals surface area (Å²) in [5.74, 6) is 1.68. The van der Waals surface area contributed by atoms with Gasteiger partial charge in [-0.15, -0.1) is 0 Å². The zero-order chi connectivity index (χ0) is 11.0. The lowest BCUT2D eigenvalue weighted by Crippen LogP contribution is -2.18. The summed E-state index contributed by atoms with van der Waals surface area (Å²) in [5.41, 5.74) is 2.65. The maximum Gasteiger partial charge on any atom is 0.203 e. The smallest absolute Gasteiger partial charge is 0.203 e. The molecule has 4 nitrogen and oxygen atoms in total. The zero-order valence-electron chi connectivity index (χ0n) is 9.83. The number of ether oxygens (including phenoxy) is 1. The molecule has 0 amide bonds. The first-order valence-electron chi connectivity index (χ1n) is 6.25. The van der Waals surface area contributed by atoms with Crippen molar-refractivity contribution in [3.05, 3.63) is 11.4 Å². The number of anilines is 1. The number of hydrogen-bond acceptors (Lipinski definition) is 3. The van der Waals surface area contributed by atoms with E-state index in [1.807, 2.05) is 0 Å². The fourth-order valence-corrected chi connectivity index (χ4v) is 2.76. The Balaban J connectivity index is 1.91. The van der Waals surface area contributed by atoms with Gasteiger partial charge in [0, 0.05) is 37.9 Å². The van der Waals surface area contributed by atoms with Crippen molar-refractivity contribution in [1.82, 2.24) is 9.55 Å². The van der Waals surface area contributed by atoms with E-state index in [0.29, 0.717) is 5.92 Å². The van der Waals surface area contributed by atoms with Crippen molar-refractivity contribution in [3.8, 4) is 0 Å². The van der Waals surface area contributed by atoms with Crippen molar-refractivity contribution in [2.24, 2.45) is 0 Å². The molecule has 1 fully saturated rings. The first-order chi connectivity index (χ1) is 7.86. The summed E-state index contributed by atoms with van der Waals surface area (Å²) in [7, 11) is 0. The molecule has 2 aliphatic heterocycles. The highest BCUT2D eigenvalue weighted by Gasteiger charge is 2.24. The van der Waals surface area contributed by atoms with Crippen LogP contribution in [0.3, 0.4) is 0 Å². The summed E-state index contributed by atoms with van der Waals surface area (Å²) in [6.45, 7) is 6.15. The molecule has 0 saturated carbocycles. The molecule has 1 aromatic rings. The molecule has 0 aromatic carbocycles. The van der Waals surface area contributed by atoms with Crippen LogP contribution in [-0.4, -0.2) is 29.3 Å². The standard InChI is InChI=1S/C12H19N3O/c1-9-11(10-3-7-16-8-4-10)14-12-13-5-2-6-15(9)12/h10H,2-8H2,1H3,(H,13,14). The quantitative estimate of drug-likeness (QED) is 0.787. The Labute approximate surface area is 96.0 Å². The highest BCUT2D eigenvalue weighted by atomic mass is 16.5. The highest BCUT2D eigenvalue weighted by Crippen LogP contribution is 2.31.